The van der Waals surface area contributed by atoms with Gasteiger partial charge < -0.3 is 14.6 Å². The number of amides is 1. The summed E-state index contributed by atoms with van der Waals surface area (Å²) >= 11 is 0. The number of aromatic nitrogens is 4. The van der Waals surface area contributed by atoms with Gasteiger partial charge in [0.2, 0.25) is 0 Å². The molecular weight excluding hydrogens is 378 g/mol. The van der Waals surface area contributed by atoms with Gasteiger partial charge in [0.1, 0.15) is 11.2 Å². The zero-order valence-corrected chi connectivity index (χ0v) is 18.2. The Hall–Kier alpha value is -2.83. The average molecular weight is 408 g/mol. The van der Waals surface area contributed by atoms with E-state index in [-0.39, 0.29) is 11.5 Å². The summed E-state index contributed by atoms with van der Waals surface area (Å²) < 4.78 is 7.72. The van der Waals surface area contributed by atoms with Crippen molar-refractivity contribution in [2.45, 2.75) is 64.5 Å². The molecule has 1 fully saturated rings. The molecule has 0 aromatic carbocycles. The first-order valence-electron chi connectivity index (χ1n) is 10.8. The van der Waals surface area contributed by atoms with Crippen molar-refractivity contribution in [2.75, 3.05) is 13.1 Å². The first-order valence-corrected chi connectivity index (χ1v) is 10.8. The molecule has 5 heterocycles. The molecular formula is C23H29N5O2. The highest BCUT2D eigenvalue weighted by Crippen LogP contribution is 2.44. The summed E-state index contributed by atoms with van der Waals surface area (Å²) in [6.45, 7) is 10.2. The van der Waals surface area contributed by atoms with Crippen LogP contribution in [0, 0.1) is 0 Å². The third kappa shape index (κ3) is 3.07. The van der Waals surface area contributed by atoms with Crippen LogP contribution in [0.15, 0.2) is 24.5 Å². The highest BCUT2D eigenvalue weighted by atomic mass is 16.6. The molecule has 3 aromatic heterocycles. The Morgan fingerprint density at radius 3 is 2.83 bits per heavy atom. The van der Waals surface area contributed by atoms with E-state index < -0.39 is 5.60 Å². The van der Waals surface area contributed by atoms with Gasteiger partial charge >= 0.3 is 6.09 Å². The highest BCUT2D eigenvalue weighted by molar-refractivity contribution is 5.84. The van der Waals surface area contributed by atoms with E-state index in [4.69, 9.17) is 9.84 Å². The molecule has 2 aliphatic rings. The van der Waals surface area contributed by atoms with Crippen LogP contribution >= 0.6 is 0 Å². The Morgan fingerprint density at radius 2 is 2.07 bits per heavy atom. The number of rotatable bonds is 2. The predicted octanol–water partition coefficient (Wildman–Crippen LogP) is 4.27. The number of carbonyl (C=O) groups excluding carboxylic acids is 1. The zero-order valence-electron chi connectivity index (χ0n) is 18.2. The SMILES string of the molecule is CCc1c[nH]c2ncc(-c3cc4n(n3)CCC43CCN(C(=O)OC(C)(C)C)C3)cc12. The van der Waals surface area contributed by atoms with Crippen molar-refractivity contribution >= 4 is 17.1 Å². The molecule has 0 aliphatic carbocycles. The normalized spacial score (nSPS) is 21.0. The summed E-state index contributed by atoms with van der Waals surface area (Å²) in [7, 11) is 0. The molecule has 2 aliphatic heterocycles. The number of nitrogens with zero attached hydrogens (tertiary/aromatic N) is 4. The van der Waals surface area contributed by atoms with E-state index in [9.17, 15) is 4.79 Å². The van der Waals surface area contributed by atoms with Crippen LogP contribution in [0.5, 0.6) is 0 Å². The van der Waals surface area contributed by atoms with Crippen molar-refractivity contribution < 1.29 is 9.53 Å². The Kier molecular flexibility index (Phi) is 4.21. The number of ether oxygens (including phenoxy) is 1. The number of carbonyl (C=O) groups is 1. The molecule has 1 saturated heterocycles. The minimum atomic E-state index is -0.474. The van der Waals surface area contributed by atoms with Crippen molar-refractivity contribution in [3.63, 3.8) is 0 Å². The van der Waals surface area contributed by atoms with E-state index in [0.717, 1.165) is 54.6 Å². The van der Waals surface area contributed by atoms with Gasteiger partial charge in [-0.2, -0.15) is 5.10 Å². The van der Waals surface area contributed by atoms with Crippen LogP contribution in [-0.4, -0.2) is 49.4 Å². The van der Waals surface area contributed by atoms with E-state index in [1.54, 1.807) is 0 Å². The molecule has 1 unspecified atom stereocenters. The van der Waals surface area contributed by atoms with Gasteiger partial charge in [-0.25, -0.2) is 9.78 Å². The fraction of sp³-hybridized carbons (Fsp3) is 0.522. The fourth-order valence-corrected chi connectivity index (χ4v) is 4.86. The maximum absolute atomic E-state index is 12.6. The second-order valence-electron chi connectivity index (χ2n) is 9.61. The van der Waals surface area contributed by atoms with Crippen LogP contribution in [0.1, 0.15) is 51.8 Å². The Morgan fingerprint density at radius 1 is 1.27 bits per heavy atom. The van der Waals surface area contributed by atoms with Gasteiger partial charge in [0, 0.05) is 54.1 Å². The van der Waals surface area contributed by atoms with Crippen LogP contribution < -0.4 is 0 Å². The first kappa shape index (κ1) is 19.2. The number of likely N-dealkylation sites (tertiary alicyclic amines) is 1. The Bertz CT molecular complexity index is 1120. The van der Waals surface area contributed by atoms with Crippen molar-refractivity contribution in [2.24, 2.45) is 0 Å². The topological polar surface area (TPSA) is 76.0 Å². The molecule has 0 bridgehead atoms. The summed E-state index contributed by atoms with van der Waals surface area (Å²) in [6, 6.07) is 4.39. The van der Waals surface area contributed by atoms with Gasteiger partial charge in [-0.1, -0.05) is 6.92 Å². The van der Waals surface area contributed by atoms with Gasteiger partial charge in [0.25, 0.3) is 0 Å². The van der Waals surface area contributed by atoms with Gasteiger partial charge in [0.15, 0.2) is 0 Å². The van der Waals surface area contributed by atoms with E-state index >= 15 is 0 Å². The molecule has 3 aromatic rings. The molecule has 0 saturated carbocycles. The third-order valence-electron chi connectivity index (χ3n) is 6.42. The number of H-pyrrole nitrogens is 1. The zero-order chi connectivity index (χ0) is 21.1. The Labute approximate surface area is 176 Å². The smallest absolute Gasteiger partial charge is 0.410 e. The standard InChI is InChI=1S/C23H29N5O2/c1-5-15-12-24-20-17(15)10-16(13-25-20)18-11-19-23(7-9-28(19)26-18)6-8-27(14-23)21(29)30-22(2,3)4/h10-13H,5-9,14H2,1-4H3,(H,24,25). The lowest BCUT2D eigenvalue weighted by Crippen LogP contribution is -2.37. The molecule has 0 radical (unpaired) electrons. The van der Waals surface area contributed by atoms with Gasteiger partial charge in [-0.15, -0.1) is 0 Å². The minimum absolute atomic E-state index is 0.0254. The van der Waals surface area contributed by atoms with Crippen molar-refractivity contribution in [3.8, 4) is 11.3 Å². The lowest BCUT2D eigenvalue weighted by atomic mass is 9.82. The van der Waals surface area contributed by atoms with E-state index in [0.29, 0.717) is 6.54 Å². The van der Waals surface area contributed by atoms with Crippen LogP contribution in [0.25, 0.3) is 22.3 Å². The molecule has 1 spiro atoms. The summed E-state index contributed by atoms with van der Waals surface area (Å²) in [6.07, 6.45) is 6.65. The second-order valence-corrected chi connectivity index (χ2v) is 9.61. The average Bonchev–Trinajstić information content (AvgIpc) is 3.44. The second kappa shape index (κ2) is 6.59. The number of hydrogen-bond acceptors (Lipinski definition) is 4. The van der Waals surface area contributed by atoms with E-state index in [1.807, 2.05) is 38.1 Å². The number of hydrogen-bond donors (Lipinski definition) is 1. The molecule has 1 amide bonds. The predicted molar refractivity (Wildman–Crippen MR) is 115 cm³/mol. The van der Waals surface area contributed by atoms with Gasteiger partial charge in [0.05, 0.1) is 5.69 Å². The number of pyridine rings is 1. The molecule has 1 atom stereocenters. The molecule has 158 valence electrons. The molecule has 1 N–H and O–H groups in total. The number of fused-ring (bicyclic) bond motifs is 3. The minimum Gasteiger partial charge on any atom is -0.444 e. The molecule has 5 rings (SSSR count). The Balaban J connectivity index is 1.43. The maximum Gasteiger partial charge on any atom is 0.410 e. The van der Waals surface area contributed by atoms with Gasteiger partial charge in [-0.3, -0.25) is 4.68 Å². The first-order chi connectivity index (χ1) is 14.3. The van der Waals surface area contributed by atoms with Crippen LogP contribution in [0.3, 0.4) is 0 Å². The monoisotopic (exact) mass is 407 g/mol. The summed E-state index contributed by atoms with van der Waals surface area (Å²) in [5, 5.41) is 6.05. The van der Waals surface area contributed by atoms with E-state index in [1.165, 1.54) is 11.3 Å². The lowest BCUT2D eigenvalue weighted by Gasteiger charge is -2.26. The third-order valence-corrected chi connectivity index (χ3v) is 6.42. The number of nitrogens with one attached hydrogen (secondary N) is 1. The highest BCUT2D eigenvalue weighted by Gasteiger charge is 2.47. The van der Waals surface area contributed by atoms with Crippen LogP contribution in [-0.2, 0) is 23.1 Å². The van der Waals surface area contributed by atoms with Crippen molar-refractivity contribution in [1.29, 1.82) is 0 Å². The van der Waals surface area contributed by atoms with Crippen LogP contribution in [0.4, 0.5) is 4.79 Å². The maximum atomic E-state index is 12.6. The van der Waals surface area contributed by atoms with Crippen molar-refractivity contribution in [1.82, 2.24) is 24.6 Å². The quantitative estimate of drug-likeness (QED) is 0.688. The number of aromatic amines is 1. The van der Waals surface area contributed by atoms with Crippen molar-refractivity contribution in [3.05, 3.63) is 35.8 Å². The lowest BCUT2D eigenvalue weighted by molar-refractivity contribution is 0.0284. The van der Waals surface area contributed by atoms with Gasteiger partial charge in [-0.05, 0) is 57.7 Å². The summed E-state index contributed by atoms with van der Waals surface area (Å²) in [5.74, 6) is 0. The number of aryl methyl sites for hydroxylation is 2. The molecule has 7 heteroatoms. The van der Waals surface area contributed by atoms with Crippen LogP contribution in [0.2, 0.25) is 0 Å². The fourth-order valence-electron chi connectivity index (χ4n) is 4.86. The summed E-state index contributed by atoms with van der Waals surface area (Å²) in [5.41, 5.74) is 4.91. The molecule has 30 heavy (non-hydrogen) atoms. The van der Waals surface area contributed by atoms with E-state index in [2.05, 4.69) is 33.7 Å². The summed E-state index contributed by atoms with van der Waals surface area (Å²) in [4.78, 5) is 22.3. The molecule has 7 nitrogen and oxygen atoms in total. The largest absolute Gasteiger partial charge is 0.444 e.